The van der Waals surface area contributed by atoms with Gasteiger partial charge in [-0.05, 0) is 49.7 Å². The zero-order valence-corrected chi connectivity index (χ0v) is 15.9. The molecule has 1 N–H and O–H groups in total. The quantitative estimate of drug-likeness (QED) is 0.766. The largest absolute Gasteiger partial charge is 0.491 e. The van der Waals surface area contributed by atoms with Crippen molar-refractivity contribution in [3.05, 3.63) is 59.1 Å². The lowest BCUT2D eigenvalue weighted by molar-refractivity contribution is -0.138. The molecule has 1 amide bonds. The van der Waals surface area contributed by atoms with Crippen LogP contribution in [0.1, 0.15) is 12.5 Å². The molecule has 0 bridgehead atoms. The summed E-state index contributed by atoms with van der Waals surface area (Å²) in [5.74, 6) is 1.04. The number of nitrogens with zero attached hydrogens (tertiary/aromatic N) is 1. The maximum absolute atomic E-state index is 12.4. The summed E-state index contributed by atoms with van der Waals surface area (Å²) in [7, 11) is 1.63. The average molecular weight is 378 g/mol. The summed E-state index contributed by atoms with van der Waals surface area (Å²) >= 11 is 5.97. The van der Waals surface area contributed by atoms with E-state index in [9.17, 15) is 9.90 Å². The van der Waals surface area contributed by atoms with Crippen LogP contribution in [0.5, 0.6) is 11.5 Å². The Hall–Kier alpha value is -2.24. The third-order valence-corrected chi connectivity index (χ3v) is 4.26. The van der Waals surface area contributed by atoms with Gasteiger partial charge in [-0.25, -0.2) is 0 Å². The molecule has 0 saturated heterocycles. The number of aliphatic hydroxyl groups excluding tert-OH is 1. The number of aryl methyl sites for hydroxylation is 1. The van der Waals surface area contributed by atoms with Gasteiger partial charge in [0, 0.05) is 18.6 Å². The van der Waals surface area contributed by atoms with Crippen molar-refractivity contribution in [2.45, 2.75) is 26.1 Å². The Kier molecular flexibility index (Phi) is 7.30. The first kappa shape index (κ1) is 20.1. The van der Waals surface area contributed by atoms with Gasteiger partial charge in [0.25, 0.3) is 5.91 Å². The molecule has 26 heavy (non-hydrogen) atoms. The van der Waals surface area contributed by atoms with Gasteiger partial charge in [-0.3, -0.25) is 4.79 Å². The molecule has 0 spiro atoms. The van der Waals surface area contributed by atoms with E-state index in [1.165, 1.54) is 4.90 Å². The van der Waals surface area contributed by atoms with Crippen LogP contribution in [-0.4, -0.2) is 48.3 Å². The molecular formula is C20H24ClNO4. The predicted octanol–water partition coefficient (Wildman–Crippen LogP) is 3.31. The van der Waals surface area contributed by atoms with Crippen molar-refractivity contribution in [3.8, 4) is 11.5 Å². The van der Waals surface area contributed by atoms with E-state index in [2.05, 4.69) is 0 Å². The summed E-state index contributed by atoms with van der Waals surface area (Å²) < 4.78 is 11.2. The fraction of sp³-hybridized carbons (Fsp3) is 0.350. The molecule has 0 fully saturated rings. The second-order valence-electron chi connectivity index (χ2n) is 6.17. The molecule has 0 aromatic heterocycles. The Balaban J connectivity index is 1.80. The van der Waals surface area contributed by atoms with E-state index >= 15 is 0 Å². The number of likely N-dealkylation sites (N-methyl/N-ethyl adjacent to an activating group) is 1. The van der Waals surface area contributed by atoms with Crippen LogP contribution >= 0.6 is 11.6 Å². The zero-order chi connectivity index (χ0) is 19.1. The van der Waals surface area contributed by atoms with Gasteiger partial charge < -0.3 is 19.5 Å². The Morgan fingerprint density at radius 2 is 1.88 bits per heavy atom. The van der Waals surface area contributed by atoms with Gasteiger partial charge in [0.2, 0.25) is 0 Å². The number of para-hydroxylation sites is 1. The minimum Gasteiger partial charge on any atom is -0.491 e. The monoisotopic (exact) mass is 377 g/mol. The van der Waals surface area contributed by atoms with Crippen molar-refractivity contribution in [1.82, 2.24) is 4.90 Å². The topological polar surface area (TPSA) is 59.0 Å². The maximum Gasteiger partial charge on any atom is 0.263 e. The van der Waals surface area contributed by atoms with Crippen LogP contribution in [0.25, 0.3) is 0 Å². The fourth-order valence-corrected chi connectivity index (χ4v) is 2.54. The first-order chi connectivity index (χ1) is 12.4. The lowest BCUT2D eigenvalue weighted by atomic mass is 10.2. The number of hydrogen-bond donors (Lipinski definition) is 1. The van der Waals surface area contributed by atoms with Gasteiger partial charge in [-0.2, -0.15) is 0 Å². The van der Waals surface area contributed by atoms with Gasteiger partial charge >= 0.3 is 0 Å². The van der Waals surface area contributed by atoms with Crippen molar-refractivity contribution in [1.29, 1.82) is 0 Å². The van der Waals surface area contributed by atoms with Gasteiger partial charge in [0.05, 0.1) is 0 Å². The lowest BCUT2D eigenvalue weighted by Gasteiger charge is -2.24. The van der Waals surface area contributed by atoms with Crippen molar-refractivity contribution in [3.63, 3.8) is 0 Å². The smallest absolute Gasteiger partial charge is 0.263 e. The molecule has 0 aliphatic carbocycles. The van der Waals surface area contributed by atoms with E-state index < -0.39 is 12.2 Å². The second kappa shape index (κ2) is 9.46. The van der Waals surface area contributed by atoms with Crippen LogP contribution in [0.2, 0.25) is 5.02 Å². The molecule has 2 rings (SSSR count). The molecule has 0 aliphatic heterocycles. The number of hydrogen-bond acceptors (Lipinski definition) is 4. The van der Waals surface area contributed by atoms with Gasteiger partial charge in [-0.15, -0.1) is 0 Å². The van der Waals surface area contributed by atoms with Crippen molar-refractivity contribution >= 4 is 17.5 Å². The summed E-state index contributed by atoms with van der Waals surface area (Å²) in [6.45, 7) is 3.79. The molecule has 0 heterocycles. The van der Waals surface area contributed by atoms with E-state index in [4.69, 9.17) is 21.1 Å². The third kappa shape index (κ3) is 5.93. The number of benzene rings is 2. The molecular weight excluding hydrogens is 354 g/mol. The number of ether oxygens (including phenoxy) is 2. The van der Waals surface area contributed by atoms with E-state index in [0.717, 1.165) is 5.56 Å². The SMILES string of the molecule is Cc1cc(OC[C@@H](O)CN(C)C(=O)[C@@H](C)Oc2ccccc2)ccc1Cl. The van der Waals surface area contributed by atoms with Gasteiger partial charge in [-0.1, -0.05) is 29.8 Å². The minimum absolute atomic E-state index is 0.0760. The van der Waals surface area contributed by atoms with Crippen LogP contribution < -0.4 is 9.47 Å². The molecule has 0 unspecified atom stereocenters. The molecule has 140 valence electrons. The normalized spacial score (nSPS) is 13.0. The molecule has 2 aromatic rings. The number of halogens is 1. The third-order valence-electron chi connectivity index (χ3n) is 3.84. The van der Waals surface area contributed by atoms with Gasteiger partial charge in [0.1, 0.15) is 24.2 Å². The highest BCUT2D eigenvalue weighted by Gasteiger charge is 2.21. The summed E-state index contributed by atoms with van der Waals surface area (Å²) in [6.07, 6.45) is -1.46. The van der Waals surface area contributed by atoms with Crippen LogP contribution in [0.3, 0.4) is 0 Å². The number of carbonyl (C=O) groups excluding carboxylic acids is 1. The van der Waals surface area contributed by atoms with Gasteiger partial charge in [0.15, 0.2) is 6.10 Å². The highest BCUT2D eigenvalue weighted by atomic mass is 35.5. The Morgan fingerprint density at radius 1 is 1.19 bits per heavy atom. The number of amides is 1. The first-order valence-corrected chi connectivity index (χ1v) is 8.78. The Bertz CT molecular complexity index is 723. The van der Waals surface area contributed by atoms with E-state index in [1.807, 2.05) is 25.1 Å². The minimum atomic E-state index is -0.816. The highest BCUT2D eigenvalue weighted by Crippen LogP contribution is 2.21. The van der Waals surface area contributed by atoms with Crippen molar-refractivity contribution in [2.24, 2.45) is 0 Å². The number of rotatable bonds is 8. The summed E-state index contributed by atoms with van der Waals surface area (Å²) in [6, 6.07) is 14.4. The number of aliphatic hydroxyl groups is 1. The average Bonchev–Trinajstić information content (AvgIpc) is 2.62. The van der Waals surface area contributed by atoms with Crippen LogP contribution in [-0.2, 0) is 4.79 Å². The molecule has 0 aliphatic rings. The van der Waals surface area contributed by atoms with Crippen molar-refractivity contribution in [2.75, 3.05) is 20.2 Å². The molecule has 5 nitrogen and oxygen atoms in total. The lowest BCUT2D eigenvalue weighted by Crippen LogP contribution is -2.43. The first-order valence-electron chi connectivity index (χ1n) is 8.40. The molecule has 6 heteroatoms. The van der Waals surface area contributed by atoms with E-state index in [-0.39, 0.29) is 19.1 Å². The Morgan fingerprint density at radius 3 is 2.54 bits per heavy atom. The number of carbonyl (C=O) groups is 1. The molecule has 0 saturated carbocycles. The highest BCUT2D eigenvalue weighted by molar-refractivity contribution is 6.31. The summed E-state index contributed by atoms with van der Waals surface area (Å²) in [5.41, 5.74) is 0.901. The maximum atomic E-state index is 12.4. The van der Waals surface area contributed by atoms with Crippen molar-refractivity contribution < 1.29 is 19.4 Å². The van der Waals surface area contributed by atoms with Crippen LogP contribution in [0, 0.1) is 6.92 Å². The molecule has 2 atom stereocenters. The predicted molar refractivity (Wildman–Crippen MR) is 102 cm³/mol. The van der Waals surface area contributed by atoms with E-state index in [0.29, 0.717) is 16.5 Å². The van der Waals surface area contributed by atoms with Crippen LogP contribution in [0.4, 0.5) is 0 Å². The fourth-order valence-electron chi connectivity index (χ4n) is 2.42. The molecule has 0 radical (unpaired) electrons. The van der Waals surface area contributed by atoms with Crippen LogP contribution in [0.15, 0.2) is 48.5 Å². The second-order valence-corrected chi connectivity index (χ2v) is 6.57. The van der Waals surface area contributed by atoms with E-state index in [1.54, 1.807) is 44.3 Å². The Labute approximate surface area is 159 Å². The zero-order valence-electron chi connectivity index (χ0n) is 15.2. The summed E-state index contributed by atoms with van der Waals surface area (Å²) in [4.78, 5) is 13.8. The standard InChI is InChI=1S/C20H24ClNO4/c1-14-11-18(9-10-19(14)21)25-13-16(23)12-22(3)20(24)15(2)26-17-7-5-4-6-8-17/h4-11,15-16,23H,12-13H2,1-3H3/t15-,16+/m1/s1. The summed E-state index contributed by atoms with van der Waals surface area (Å²) in [5, 5.41) is 10.8. The molecule has 2 aromatic carbocycles.